The molecule has 0 unspecified atom stereocenters. The molecule has 0 bridgehead atoms. The summed E-state index contributed by atoms with van der Waals surface area (Å²) >= 11 is 0. The molecule has 0 spiro atoms. The lowest BCUT2D eigenvalue weighted by Gasteiger charge is -2.42. The lowest BCUT2D eigenvalue weighted by atomic mass is 10.0. The highest BCUT2D eigenvalue weighted by molar-refractivity contribution is 5.16. The van der Waals surface area contributed by atoms with Crippen molar-refractivity contribution >= 4 is 0 Å². The molecule has 0 radical (unpaired) electrons. The third-order valence-electron chi connectivity index (χ3n) is 3.66. The molecule has 1 saturated heterocycles. The maximum atomic E-state index is 4.27. The van der Waals surface area contributed by atoms with Crippen molar-refractivity contribution in [3.63, 3.8) is 0 Å². The second-order valence-electron chi connectivity index (χ2n) is 6.30. The summed E-state index contributed by atoms with van der Waals surface area (Å²) in [5.74, 6) is 0. The highest BCUT2D eigenvalue weighted by Crippen LogP contribution is 2.17. The maximum Gasteiger partial charge on any atom is 0.0313 e. The number of aromatic nitrogens is 1. The van der Waals surface area contributed by atoms with Gasteiger partial charge in [0.2, 0.25) is 0 Å². The minimum atomic E-state index is 0.303. The summed E-state index contributed by atoms with van der Waals surface area (Å²) in [6.07, 6.45) is 3.91. The van der Waals surface area contributed by atoms with Crippen LogP contribution in [-0.4, -0.2) is 46.5 Å². The van der Waals surface area contributed by atoms with Crippen molar-refractivity contribution in [2.24, 2.45) is 0 Å². The van der Waals surface area contributed by atoms with Crippen LogP contribution in [-0.2, 0) is 6.54 Å². The summed E-state index contributed by atoms with van der Waals surface area (Å²) in [7, 11) is 0. The first kappa shape index (κ1) is 13.5. The molecule has 1 aromatic rings. The average molecular weight is 247 g/mol. The van der Waals surface area contributed by atoms with E-state index in [4.69, 9.17) is 0 Å². The van der Waals surface area contributed by atoms with Crippen LogP contribution in [0.15, 0.2) is 18.5 Å². The van der Waals surface area contributed by atoms with Gasteiger partial charge in [0.05, 0.1) is 0 Å². The predicted molar refractivity (Wildman–Crippen MR) is 75.6 cm³/mol. The van der Waals surface area contributed by atoms with Crippen LogP contribution >= 0.6 is 0 Å². The van der Waals surface area contributed by atoms with Crippen LogP contribution < -0.4 is 0 Å². The smallest absolute Gasteiger partial charge is 0.0313 e. The van der Waals surface area contributed by atoms with Gasteiger partial charge in [0.15, 0.2) is 0 Å². The number of pyridine rings is 1. The largest absolute Gasteiger partial charge is 0.296 e. The zero-order valence-corrected chi connectivity index (χ0v) is 12.1. The van der Waals surface area contributed by atoms with Gasteiger partial charge >= 0.3 is 0 Å². The van der Waals surface area contributed by atoms with Crippen molar-refractivity contribution in [2.75, 3.05) is 26.2 Å². The van der Waals surface area contributed by atoms with Crippen molar-refractivity contribution < 1.29 is 0 Å². The molecular formula is C15H25N3. The van der Waals surface area contributed by atoms with Crippen LogP contribution in [0.5, 0.6) is 0 Å². The molecule has 1 aliphatic rings. The Labute approximate surface area is 111 Å². The van der Waals surface area contributed by atoms with Crippen molar-refractivity contribution in [1.82, 2.24) is 14.8 Å². The van der Waals surface area contributed by atoms with E-state index in [1.807, 2.05) is 12.4 Å². The molecule has 0 aliphatic carbocycles. The minimum absolute atomic E-state index is 0.303. The zero-order valence-electron chi connectivity index (χ0n) is 12.1. The first-order chi connectivity index (χ1) is 8.45. The van der Waals surface area contributed by atoms with Gasteiger partial charge < -0.3 is 0 Å². The van der Waals surface area contributed by atoms with Crippen LogP contribution in [0.1, 0.15) is 31.9 Å². The highest BCUT2D eigenvalue weighted by Gasteiger charge is 2.25. The predicted octanol–water partition coefficient (Wildman–Crippen LogP) is 2.31. The molecule has 18 heavy (non-hydrogen) atoms. The Bertz CT molecular complexity index is 387. The van der Waals surface area contributed by atoms with Crippen LogP contribution in [0, 0.1) is 6.92 Å². The lowest BCUT2D eigenvalue weighted by molar-refractivity contribution is 0.0590. The molecule has 3 heteroatoms. The summed E-state index contributed by atoms with van der Waals surface area (Å²) in [6, 6.07) is 2.24. The molecule has 3 nitrogen and oxygen atoms in total. The number of piperazine rings is 1. The molecule has 0 atom stereocenters. The van der Waals surface area contributed by atoms with E-state index in [0.29, 0.717) is 5.54 Å². The molecule has 0 amide bonds. The lowest BCUT2D eigenvalue weighted by Crippen LogP contribution is -2.53. The molecule has 1 fully saturated rings. The quantitative estimate of drug-likeness (QED) is 0.799. The van der Waals surface area contributed by atoms with Crippen LogP contribution in [0.25, 0.3) is 0 Å². The molecule has 2 rings (SSSR count). The fourth-order valence-corrected chi connectivity index (χ4v) is 2.54. The van der Waals surface area contributed by atoms with E-state index in [9.17, 15) is 0 Å². The summed E-state index contributed by atoms with van der Waals surface area (Å²) in [6.45, 7) is 14.7. The number of rotatable bonds is 2. The molecule has 0 N–H and O–H groups in total. The fourth-order valence-electron chi connectivity index (χ4n) is 2.54. The number of nitrogens with zero attached hydrogens (tertiary/aromatic N) is 3. The zero-order chi connectivity index (χ0) is 13.2. The molecule has 0 saturated carbocycles. The molecular weight excluding hydrogens is 222 g/mol. The monoisotopic (exact) mass is 247 g/mol. The van der Waals surface area contributed by atoms with Crippen molar-refractivity contribution in [2.45, 2.75) is 39.8 Å². The van der Waals surface area contributed by atoms with Gasteiger partial charge in [0.1, 0.15) is 0 Å². The van der Waals surface area contributed by atoms with Gasteiger partial charge in [0.25, 0.3) is 0 Å². The van der Waals surface area contributed by atoms with Crippen LogP contribution in [0.3, 0.4) is 0 Å². The minimum Gasteiger partial charge on any atom is -0.296 e. The first-order valence-corrected chi connectivity index (χ1v) is 6.83. The molecule has 100 valence electrons. The Hall–Kier alpha value is -0.930. The third kappa shape index (κ3) is 3.53. The Kier molecular flexibility index (Phi) is 4.03. The van der Waals surface area contributed by atoms with Gasteiger partial charge in [-0.25, -0.2) is 0 Å². The van der Waals surface area contributed by atoms with E-state index in [1.165, 1.54) is 24.2 Å². The summed E-state index contributed by atoms with van der Waals surface area (Å²) < 4.78 is 0. The number of hydrogen-bond donors (Lipinski definition) is 0. The Morgan fingerprint density at radius 1 is 1.11 bits per heavy atom. The van der Waals surface area contributed by atoms with Gasteiger partial charge in [-0.15, -0.1) is 0 Å². The summed E-state index contributed by atoms with van der Waals surface area (Å²) in [5, 5.41) is 0. The molecule has 0 aromatic carbocycles. The second-order valence-corrected chi connectivity index (χ2v) is 6.30. The van der Waals surface area contributed by atoms with Gasteiger partial charge in [-0.3, -0.25) is 14.8 Å². The van der Waals surface area contributed by atoms with E-state index >= 15 is 0 Å². The SMILES string of the molecule is Cc1cncc(CN2CCN(C(C)(C)C)CC2)c1. The average Bonchev–Trinajstić information content (AvgIpc) is 2.28. The van der Waals surface area contributed by atoms with Crippen molar-refractivity contribution in [3.05, 3.63) is 29.6 Å². The maximum absolute atomic E-state index is 4.27. The fraction of sp³-hybridized carbons (Fsp3) is 0.667. The topological polar surface area (TPSA) is 19.4 Å². The molecule has 1 aromatic heterocycles. The van der Waals surface area contributed by atoms with Crippen LogP contribution in [0.2, 0.25) is 0 Å². The third-order valence-corrected chi connectivity index (χ3v) is 3.66. The van der Waals surface area contributed by atoms with Gasteiger partial charge in [-0.1, -0.05) is 6.07 Å². The molecule has 1 aliphatic heterocycles. The Morgan fingerprint density at radius 2 is 1.78 bits per heavy atom. The van der Waals surface area contributed by atoms with Gasteiger partial charge in [0, 0.05) is 50.7 Å². The number of aryl methyl sites for hydroxylation is 1. The first-order valence-electron chi connectivity index (χ1n) is 6.83. The van der Waals surface area contributed by atoms with Gasteiger partial charge in [-0.05, 0) is 38.8 Å². The van der Waals surface area contributed by atoms with E-state index in [1.54, 1.807) is 0 Å². The van der Waals surface area contributed by atoms with E-state index < -0.39 is 0 Å². The van der Waals surface area contributed by atoms with E-state index in [2.05, 4.69) is 48.5 Å². The van der Waals surface area contributed by atoms with Crippen LogP contribution in [0.4, 0.5) is 0 Å². The summed E-state index contributed by atoms with van der Waals surface area (Å²) in [5.41, 5.74) is 2.89. The standard InChI is InChI=1S/C15H25N3/c1-13-9-14(11-16-10-13)12-17-5-7-18(8-6-17)15(2,3)4/h9-11H,5-8,12H2,1-4H3. The summed E-state index contributed by atoms with van der Waals surface area (Å²) in [4.78, 5) is 9.36. The van der Waals surface area contributed by atoms with Crippen molar-refractivity contribution in [3.8, 4) is 0 Å². The number of hydrogen-bond acceptors (Lipinski definition) is 3. The second kappa shape index (κ2) is 5.37. The Morgan fingerprint density at radius 3 is 2.33 bits per heavy atom. The van der Waals surface area contributed by atoms with E-state index in [-0.39, 0.29) is 0 Å². The Balaban J connectivity index is 1.87. The normalized spacial score (nSPS) is 19.1. The van der Waals surface area contributed by atoms with E-state index in [0.717, 1.165) is 19.6 Å². The molecule has 2 heterocycles. The van der Waals surface area contributed by atoms with Crippen molar-refractivity contribution in [1.29, 1.82) is 0 Å². The highest BCUT2D eigenvalue weighted by atomic mass is 15.3. The van der Waals surface area contributed by atoms with Gasteiger partial charge in [-0.2, -0.15) is 0 Å².